The Kier molecular flexibility index (Phi) is 4.54. The summed E-state index contributed by atoms with van der Waals surface area (Å²) in [7, 11) is -1.94. The Bertz CT molecular complexity index is 681. The van der Waals surface area contributed by atoms with E-state index in [9.17, 15) is 8.42 Å². The summed E-state index contributed by atoms with van der Waals surface area (Å²) in [5.41, 5.74) is 7.23. The molecular formula is C13H17N3O2S2. The van der Waals surface area contributed by atoms with E-state index in [0.717, 1.165) is 10.4 Å². The van der Waals surface area contributed by atoms with E-state index in [1.165, 1.54) is 15.6 Å². The van der Waals surface area contributed by atoms with Crippen LogP contribution in [-0.4, -0.2) is 24.8 Å². The number of sulfonamides is 1. The fourth-order valence-corrected chi connectivity index (χ4v) is 4.60. The van der Waals surface area contributed by atoms with Crippen LogP contribution in [0.15, 0.2) is 34.7 Å². The van der Waals surface area contributed by atoms with Crippen LogP contribution in [0.5, 0.6) is 0 Å². The monoisotopic (exact) mass is 311 g/mol. The van der Waals surface area contributed by atoms with Gasteiger partial charge in [-0.3, -0.25) is 4.98 Å². The predicted molar refractivity (Wildman–Crippen MR) is 79.8 cm³/mol. The molecule has 0 aliphatic rings. The van der Waals surface area contributed by atoms with Crippen molar-refractivity contribution in [1.29, 1.82) is 0 Å². The lowest BCUT2D eigenvalue weighted by atomic mass is 10.3. The molecule has 5 nitrogen and oxygen atoms in total. The molecule has 0 fully saturated rings. The van der Waals surface area contributed by atoms with Crippen molar-refractivity contribution in [2.75, 3.05) is 7.05 Å². The van der Waals surface area contributed by atoms with E-state index >= 15 is 0 Å². The van der Waals surface area contributed by atoms with Gasteiger partial charge in [0.05, 0.1) is 12.2 Å². The highest BCUT2D eigenvalue weighted by atomic mass is 32.2. The van der Waals surface area contributed by atoms with Gasteiger partial charge in [-0.25, -0.2) is 8.42 Å². The molecule has 0 aliphatic heterocycles. The Morgan fingerprint density at radius 3 is 2.70 bits per heavy atom. The first-order valence-corrected chi connectivity index (χ1v) is 8.36. The largest absolute Gasteiger partial charge is 0.326 e. The van der Waals surface area contributed by atoms with Gasteiger partial charge in [-0.1, -0.05) is 6.07 Å². The summed E-state index contributed by atoms with van der Waals surface area (Å²) in [6.45, 7) is 2.48. The summed E-state index contributed by atoms with van der Waals surface area (Å²) in [5.74, 6) is 0. The van der Waals surface area contributed by atoms with Crippen LogP contribution >= 0.6 is 11.3 Å². The standard InChI is InChI=1S/C13H17N3O2S2/c1-10-7-13(19-12(10)8-14)20(17,18)16(2)9-11-5-3-4-6-15-11/h3-7H,8-9,14H2,1-2H3. The molecule has 0 spiro atoms. The van der Waals surface area contributed by atoms with E-state index < -0.39 is 10.0 Å². The minimum absolute atomic E-state index is 0.248. The first-order chi connectivity index (χ1) is 9.45. The molecule has 2 N–H and O–H groups in total. The number of nitrogens with zero attached hydrogens (tertiary/aromatic N) is 2. The number of aromatic nitrogens is 1. The number of hydrogen-bond acceptors (Lipinski definition) is 5. The fourth-order valence-electron chi connectivity index (χ4n) is 1.78. The summed E-state index contributed by atoms with van der Waals surface area (Å²) in [4.78, 5) is 5.04. The Hall–Kier alpha value is -1.28. The van der Waals surface area contributed by atoms with Gasteiger partial charge in [0.2, 0.25) is 0 Å². The van der Waals surface area contributed by atoms with Gasteiger partial charge in [-0.15, -0.1) is 11.3 Å². The van der Waals surface area contributed by atoms with Crippen LogP contribution in [0.2, 0.25) is 0 Å². The third-order valence-corrected chi connectivity index (χ3v) is 6.47. The summed E-state index contributed by atoms with van der Waals surface area (Å²) >= 11 is 1.23. The summed E-state index contributed by atoms with van der Waals surface area (Å²) in [6, 6.07) is 7.12. The van der Waals surface area contributed by atoms with Crippen LogP contribution < -0.4 is 5.73 Å². The molecule has 0 saturated heterocycles. The van der Waals surface area contributed by atoms with E-state index in [1.807, 2.05) is 13.0 Å². The lowest BCUT2D eigenvalue weighted by molar-refractivity contribution is 0.464. The molecule has 0 atom stereocenters. The molecular weight excluding hydrogens is 294 g/mol. The number of thiophene rings is 1. The number of aryl methyl sites for hydroxylation is 1. The number of hydrogen-bond donors (Lipinski definition) is 1. The quantitative estimate of drug-likeness (QED) is 0.912. The molecule has 0 unspecified atom stereocenters. The maximum atomic E-state index is 12.5. The first kappa shape index (κ1) is 15.1. The molecule has 108 valence electrons. The topological polar surface area (TPSA) is 76.3 Å². The van der Waals surface area contributed by atoms with Crippen LogP contribution in [0.25, 0.3) is 0 Å². The Balaban J connectivity index is 2.25. The van der Waals surface area contributed by atoms with Crippen molar-refractivity contribution >= 4 is 21.4 Å². The average Bonchev–Trinajstić information content (AvgIpc) is 2.81. The lowest BCUT2D eigenvalue weighted by Crippen LogP contribution is -2.26. The van der Waals surface area contributed by atoms with Gasteiger partial charge in [0, 0.05) is 24.7 Å². The molecule has 2 aromatic heterocycles. The van der Waals surface area contributed by atoms with Gasteiger partial charge in [0.15, 0.2) is 0 Å². The van der Waals surface area contributed by atoms with E-state index in [-0.39, 0.29) is 6.54 Å². The normalized spacial score (nSPS) is 12.0. The van der Waals surface area contributed by atoms with Crippen LogP contribution in [0.3, 0.4) is 0 Å². The lowest BCUT2D eigenvalue weighted by Gasteiger charge is -2.15. The second-order valence-corrected chi connectivity index (χ2v) is 7.87. The highest BCUT2D eigenvalue weighted by Crippen LogP contribution is 2.28. The van der Waals surface area contributed by atoms with Crippen LogP contribution in [-0.2, 0) is 23.1 Å². The molecule has 2 aromatic rings. The van der Waals surface area contributed by atoms with E-state index in [0.29, 0.717) is 16.4 Å². The van der Waals surface area contributed by atoms with Crippen molar-refractivity contribution < 1.29 is 8.42 Å². The van der Waals surface area contributed by atoms with Gasteiger partial charge in [0.25, 0.3) is 10.0 Å². The Morgan fingerprint density at radius 2 is 2.15 bits per heavy atom. The van der Waals surface area contributed by atoms with E-state index in [1.54, 1.807) is 31.4 Å². The zero-order chi connectivity index (χ0) is 14.8. The van der Waals surface area contributed by atoms with Crippen LogP contribution in [0.1, 0.15) is 16.1 Å². The maximum Gasteiger partial charge on any atom is 0.252 e. The predicted octanol–water partition coefficient (Wildman–Crippen LogP) is 1.73. The molecule has 0 amide bonds. The number of rotatable bonds is 5. The number of pyridine rings is 1. The van der Waals surface area contributed by atoms with Gasteiger partial charge in [-0.05, 0) is 30.7 Å². The average molecular weight is 311 g/mol. The molecule has 0 radical (unpaired) electrons. The highest BCUT2D eigenvalue weighted by molar-refractivity contribution is 7.91. The second-order valence-electron chi connectivity index (χ2n) is 4.46. The summed E-state index contributed by atoms with van der Waals surface area (Å²) < 4.78 is 26.6. The molecule has 2 rings (SSSR count). The molecule has 0 bridgehead atoms. The van der Waals surface area contributed by atoms with Crippen molar-refractivity contribution in [3.8, 4) is 0 Å². The molecule has 2 heterocycles. The van der Waals surface area contributed by atoms with Gasteiger partial charge < -0.3 is 5.73 Å². The van der Waals surface area contributed by atoms with Gasteiger partial charge in [0.1, 0.15) is 4.21 Å². The fraction of sp³-hybridized carbons (Fsp3) is 0.308. The van der Waals surface area contributed by atoms with Crippen molar-refractivity contribution in [3.63, 3.8) is 0 Å². The van der Waals surface area contributed by atoms with Crippen LogP contribution in [0, 0.1) is 6.92 Å². The van der Waals surface area contributed by atoms with Crippen molar-refractivity contribution in [1.82, 2.24) is 9.29 Å². The smallest absolute Gasteiger partial charge is 0.252 e. The van der Waals surface area contributed by atoms with E-state index in [2.05, 4.69) is 4.98 Å². The van der Waals surface area contributed by atoms with Crippen LogP contribution in [0.4, 0.5) is 0 Å². The zero-order valence-electron chi connectivity index (χ0n) is 11.4. The molecule has 0 aliphatic carbocycles. The molecule has 20 heavy (non-hydrogen) atoms. The van der Waals surface area contributed by atoms with Gasteiger partial charge in [-0.2, -0.15) is 4.31 Å². The van der Waals surface area contributed by atoms with E-state index in [4.69, 9.17) is 5.73 Å². The highest BCUT2D eigenvalue weighted by Gasteiger charge is 2.24. The summed E-state index contributed by atoms with van der Waals surface area (Å²) in [6.07, 6.45) is 1.65. The first-order valence-electron chi connectivity index (χ1n) is 6.10. The molecule has 0 saturated carbocycles. The molecule has 0 aromatic carbocycles. The summed E-state index contributed by atoms with van der Waals surface area (Å²) in [5, 5.41) is 0. The SMILES string of the molecule is Cc1cc(S(=O)(=O)N(C)Cc2ccccn2)sc1CN. The zero-order valence-corrected chi connectivity index (χ0v) is 13.0. The molecule has 7 heteroatoms. The van der Waals surface area contributed by atoms with Crippen molar-refractivity contribution in [3.05, 3.63) is 46.6 Å². The minimum atomic E-state index is -3.49. The van der Waals surface area contributed by atoms with Gasteiger partial charge >= 0.3 is 0 Å². The maximum absolute atomic E-state index is 12.5. The Morgan fingerprint density at radius 1 is 1.40 bits per heavy atom. The third-order valence-electron chi connectivity index (χ3n) is 2.96. The third kappa shape index (κ3) is 3.06. The Labute approximate surface area is 123 Å². The van der Waals surface area contributed by atoms with Crippen molar-refractivity contribution in [2.24, 2.45) is 5.73 Å². The number of nitrogens with two attached hydrogens (primary N) is 1. The van der Waals surface area contributed by atoms with Crippen molar-refractivity contribution in [2.45, 2.75) is 24.2 Å². The second kappa shape index (κ2) is 6.01. The minimum Gasteiger partial charge on any atom is -0.326 e.